The molecule has 2 aromatic heterocycles. The Hall–Kier alpha value is -6.25. The lowest BCUT2D eigenvalue weighted by atomic mass is 9.80. The molecule has 2 heterocycles. The fraction of sp³-hybridized carbons (Fsp3) is 0.0625. The first kappa shape index (κ1) is 28.7. The van der Waals surface area contributed by atoms with Gasteiger partial charge in [-0.1, -0.05) is 123 Å². The fourth-order valence-electron chi connectivity index (χ4n) is 8.21. The topological polar surface area (TPSA) is 17.8 Å². The molecule has 0 N–H and O–H groups in total. The van der Waals surface area contributed by atoms with Gasteiger partial charge in [0.25, 0.3) is 0 Å². The second-order valence-electron chi connectivity index (χ2n) is 14.1. The Morgan fingerprint density at radius 3 is 1.74 bits per heavy atom. The first-order chi connectivity index (χ1) is 24.5. The van der Waals surface area contributed by atoms with Crippen LogP contribution < -0.4 is 0 Å². The van der Waals surface area contributed by atoms with Gasteiger partial charge in [0.1, 0.15) is 0 Å². The van der Waals surface area contributed by atoms with E-state index in [-0.39, 0.29) is 5.41 Å². The number of pyridine rings is 1. The molecule has 1 aliphatic rings. The lowest BCUT2D eigenvalue weighted by Gasteiger charge is -2.22. The molecule has 0 saturated heterocycles. The maximum atomic E-state index is 4.55. The van der Waals surface area contributed by atoms with Crippen LogP contribution in [0, 0.1) is 0 Å². The average molecular weight is 639 g/mol. The molecule has 0 unspecified atom stereocenters. The van der Waals surface area contributed by atoms with Crippen molar-refractivity contribution in [1.82, 2.24) is 9.55 Å². The molecular formula is C48H34N2. The van der Waals surface area contributed by atoms with E-state index in [4.69, 9.17) is 0 Å². The number of aromatic nitrogens is 2. The predicted molar refractivity (Wildman–Crippen MR) is 210 cm³/mol. The third kappa shape index (κ3) is 4.38. The molecule has 2 nitrogen and oxygen atoms in total. The van der Waals surface area contributed by atoms with E-state index < -0.39 is 0 Å². The van der Waals surface area contributed by atoms with E-state index in [0.29, 0.717) is 0 Å². The van der Waals surface area contributed by atoms with Gasteiger partial charge in [0.15, 0.2) is 0 Å². The first-order valence-electron chi connectivity index (χ1n) is 17.4. The first-order valence-corrected chi connectivity index (χ1v) is 17.4. The molecule has 0 spiro atoms. The highest BCUT2D eigenvalue weighted by atomic mass is 15.0. The lowest BCUT2D eigenvalue weighted by Crippen LogP contribution is -2.15. The van der Waals surface area contributed by atoms with Crippen molar-refractivity contribution < 1.29 is 0 Å². The van der Waals surface area contributed by atoms with Crippen LogP contribution in [0.25, 0.3) is 82.9 Å². The van der Waals surface area contributed by atoms with Gasteiger partial charge in [-0.25, -0.2) is 0 Å². The molecule has 7 aromatic carbocycles. The Bertz CT molecular complexity index is 2770. The van der Waals surface area contributed by atoms with Gasteiger partial charge in [-0.2, -0.15) is 0 Å². The molecule has 50 heavy (non-hydrogen) atoms. The van der Waals surface area contributed by atoms with Crippen LogP contribution in [-0.4, -0.2) is 9.55 Å². The Balaban J connectivity index is 1.000. The number of nitrogens with zero attached hydrogens (tertiary/aromatic N) is 2. The van der Waals surface area contributed by atoms with Crippen LogP contribution in [0.1, 0.15) is 25.0 Å². The summed E-state index contributed by atoms with van der Waals surface area (Å²) in [6, 6.07) is 60.0. The third-order valence-electron chi connectivity index (χ3n) is 10.9. The number of benzene rings is 7. The Morgan fingerprint density at radius 2 is 1.00 bits per heavy atom. The highest BCUT2D eigenvalue weighted by molar-refractivity contribution is 6.10. The number of hydrogen-bond acceptors (Lipinski definition) is 1. The van der Waals surface area contributed by atoms with Crippen LogP contribution in [0.5, 0.6) is 0 Å². The summed E-state index contributed by atoms with van der Waals surface area (Å²) in [5.74, 6) is 0. The van der Waals surface area contributed by atoms with Gasteiger partial charge in [0.2, 0.25) is 0 Å². The minimum Gasteiger partial charge on any atom is -0.309 e. The molecule has 10 rings (SSSR count). The number of hydrogen-bond donors (Lipinski definition) is 0. The van der Waals surface area contributed by atoms with Gasteiger partial charge >= 0.3 is 0 Å². The summed E-state index contributed by atoms with van der Waals surface area (Å²) in [7, 11) is 0. The van der Waals surface area contributed by atoms with Crippen molar-refractivity contribution in [3.8, 4) is 50.2 Å². The average Bonchev–Trinajstić information content (AvgIpc) is 3.62. The Morgan fingerprint density at radius 1 is 0.440 bits per heavy atom. The molecule has 0 aliphatic heterocycles. The molecule has 2 heteroatoms. The predicted octanol–water partition coefficient (Wildman–Crippen LogP) is 12.6. The van der Waals surface area contributed by atoms with Gasteiger partial charge in [-0.05, 0) is 110 Å². The summed E-state index contributed by atoms with van der Waals surface area (Å²) < 4.78 is 2.38. The monoisotopic (exact) mass is 638 g/mol. The van der Waals surface area contributed by atoms with E-state index >= 15 is 0 Å². The van der Waals surface area contributed by atoms with Crippen molar-refractivity contribution in [2.45, 2.75) is 19.3 Å². The number of para-hydroxylation sites is 2. The molecule has 9 aromatic rings. The maximum absolute atomic E-state index is 4.55. The van der Waals surface area contributed by atoms with Gasteiger partial charge in [0.05, 0.1) is 16.6 Å². The van der Waals surface area contributed by atoms with E-state index in [9.17, 15) is 0 Å². The minimum absolute atomic E-state index is 0.123. The van der Waals surface area contributed by atoms with Crippen LogP contribution in [0.3, 0.4) is 0 Å². The quantitative estimate of drug-likeness (QED) is 0.188. The highest BCUT2D eigenvalue weighted by Gasteiger charge is 2.36. The maximum Gasteiger partial charge on any atom is 0.0708 e. The highest BCUT2D eigenvalue weighted by Crippen LogP contribution is 2.51. The van der Waals surface area contributed by atoms with E-state index in [1.54, 1.807) is 0 Å². The zero-order valence-corrected chi connectivity index (χ0v) is 28.1. The Kier molecular flexibility index (Phi) is 6.25. The van der Waals surface area contributed by atoms with Crippen molar-refractivity contribution in [3.63, 3.8) is 0 Å². The van der Waals surface area contributed by atoms with Crippen molar-refractivity contribution in [3.05, 3.63) is 181 Å². The second-order valence-corrected chi connectivity index (χ2v) is 14.1. The van der Waals surface area contributed by atoms with Crippen LogP contribution >= 0.6 is 0 Å². The van der Waals surface area contributed by atoms with Crippen LogP contribution in [0.2, 0.25) is 0 Å². The molecule has 1 aliphatic carbocycles. The smallest absolute Gasteiger partial charge is 0.0708 e. The van der Waals surface area contributed by atoms with E-state index in [1.807, 2.05) is 12.3 Å². The molecule has 236 valence electrons. The van der Waals surface area contributed by atoms with Crippen molar-refractivity contribution >= 4 is 32.7 Å². The second kappa shape index (κ2) is 10.9. The van der Waals surface area contributed by atoms with Gasteiger partial charge in [-0.15, -0.1) is 0 Å². The van der Waals surface area contributed by atoms with Crippen molar-refractivity contribution in [1.29, 1.82) is 0 Å². The minimum atomic E-state index is -0.123. The Labute approximate surface area is 291 Å². The summed E-state index contributed by atoms with van der Waals surface area (Å²) in [4.78, 5) is 4.55. The van der Waals surface area contributed by atoms with Crippen LogP contribution in [-0.2, 0) is 5.41 Å². The largest absolute Gasteiger partial charge is 0.309 e. The summed E-state index contributed by atoms with van der Waals surface area (Å²) in [5.41, 5.74) is 17.3. The molecule has 0 amide bonds. The zero-order chi connectivity index (χ0) is 33.4. The van der Waals surface area contributed by atoms with Gasteiger partial charge < -0.3 is 4.57 Å². The molecular weight excluding hydrogens is 605 g/mol. The van der Waals surface area contributed by atoms with Gasteiger partial charge in [-0.3, -0.25) is 4.98 Å². The normalized spacial score (nSPS) is 13.2. The molecule has 0 bridgehead atoms. The summed E-state index contributed by atoms with van der Waals surface area (Å²) in [6.07, 6.45) is 1.86. The van der Waals surface area contributed by atoms with Crippen molar-refractivity contribution in [2.24, 2.45) is 0 Å². The van der Waals surface area contributed by atoms with E-state index in [2.05, 4.69) is 181 Å². The van der Waals surface area contributed by atoms with Gasteiger partial charge in [0, 0.05) is 33.5 Å². The fourth-order valence-corrected chi connectivity index (χ4v) is 8.21. The summed E-state index contributed by atoms with van der Waals surface area (Å²) in [6.45, 7) is 4.75. The van der Waals surface area contributed by atoms with E-state index in [0.717, 1.165) is 10.9 Å². The summed E-state index contributed by atoms with van der Waals surface area (Å²) >= 11 is 0. The molecule has 0 fully saturated rings. The standard InChI is InChI=1S/C48H34N2/c1-48(2)43-28-35(31-14-16-32(17-15-31)37-19-18-33-9-8-26-49-45(33)30-37)20-23-39(43)40-24-21-36(29-44(40)48)34-22-25-47-42(27-34)41-12-6-7-13-46(41)50(47)38-10-4-3-5-11-38/h3-30H,1-2H3. The van der Waals surface area contributed by atoms with Crippen LogP contribution in [0.15, 0.2) is 170 Å². The lowest BCUT2D eigenvalue weighted by molar-refractivity contribution is 0.661. The summed E-state index contributed by atoms with van der Waals surface area (Å²) in [5, 5.41) is 3.71. The van der Waals surface area contributed by atoms with Crippen LogP contribution in [0.4, 0.5) is 0 Å². The third-order valence-corrected chi connectivity index (χ3v) is 10.9. The van der Waals surface area contributed by atoms with E-state index in [1.165, 1.54) is 83.1 Å². The number of fused-ring (bicyclic) bond motifs is 7. The number of rotatable bonds is 4. The zero-order valence-electron chi connectivity index (χ0n) is 28.1. The SMILES string of the molecule is CC1(C)c2cc(-c3ccc(-c4ccc5cccnc5c4)cc3)ccc2-c2ccc(-c3ccc4c(c3)c3ccccc3n4-c3ccccc3)cc21. The molecule has 0 radical (unpaired) electrons. The van der Waals surface area contributed by atoms with Crippen molar-refractivity contribution in [2.75, 3.05) is 0 Å². The molecule has 0 saturated carbocycles. The molecule has 0 atom stereocenters.